The zero-order chi connectivity index (χ0) is 28.9. The summed E-state index contributed by atoms with van der Waals surface area (Å²) in [6.07, 6.45) is 1.24. The molecule has 2 N–H and O–H groups in total. The molecule has 3 fully saturated rings. The van der Waals surface area contributed by atoms with Crippen molar-refractivity contribution < 1.29 is 32.7 Å². The maximum atomic E-state index is 13.6. The highest BCUT2D eigenvalue weighted by molar-refractivity contribution is 5.85. The van der Waals surface area contributed by atoms with Crippen LogP contribution in [0.1, 0.15) is 36.8 Å². The monoisotopic (exact) mass is 560 g/mol. The first kappa shape index (κ1) is 29.4. The van der Waals surface area contributed by atoms with Crippen LogP contribution in [0.2, 0.25) is 0 Å². The number of aryl methyl sites for hydroxylation is 1. The van der Waals surface area contributed by atoms with Gasteiger partial charge in [-0.05, 0) is 56.2 Å². The van der Waals surface area contributed by atoms with Crippen LogP contribution < -0.4 is 10.2 Å². The number of benzene rings is 1. The maximum Gasteiger partial charge on any atom is 0.490 e. The lowest BCUT2D eigenvalue weighted by atomic mass is 9.74. The Kier molecular flexibility index (Phi) is 9.00. The molecule has 0 radical (unpaired) electrons. The van der Waals surface area contributed by atoms with Gasteiger partial charge in [-0.25, -0.2) is 9.78 Å². The largest absolute Gasteiger partial charge is 0.490 e. The molecule has 0 bridgehead atoms. The molecule has 216 valence electrons. The molecule has 3 heterocycles. The summed E-state index contributed by atoms with van der Waals surface area (Å²) in [7, 11) is 0. The Morgan fingerprint density at radius 1 is 1.10 bits per heavy atom. The molecule has 0 unspecified atom stereocenters. The molecule has 2 saturated heterocycles. The van der Waals surface area contributed by atoms with Crippen LogP contribution in [0.5, 0.6) is 0 Å². The number of pyridine rings is 1. The van der Waals surface area contributed by atoms with E-state index in [9.17, 15) is 22.8 Å². The minimum Gasteiger partial charge on any atom is -0.475 e. The Hall–Kier alpha value is -3.63. The number of carboxylic acid groups (broad SMARTS) is 1. The number of aromatic nitrogens is 1. The molecule has 5 rings (SSSR count). The van der Waals surface area contributed by atoms with Crippen molar-refractivity contribution in [3.05, 3.63) is 59.8 Å². The Morgan fingerprint density at radius 2 is 1.80 bits per heavy atom. The number of nitrogens with zero attached hydrogens (tertiary/aromatic N) is 3. The second kappa shape index (κ2) is 12.3. The number of likely N-dealkylation sites (tertiary alicyclic amines) is 1. The lowest BCUT2D eigenvalue weighted by molar-refractivity contribution is -0.192. The highest BCUT2D eigenvalue weighted by Gasteiger charge is 2.53. The molecule has 8 nitrogen and oxygen atoms in total. The minimum atomic E-state index is -5.08. The summed E-state index contributed by atoms with van der Waals surface area (Å²) in [5.74, 6) is -0.765. The van der Waals surface area contributed by atoms with Gasteiger partial charge in [0.15, 0.2) is 0 Å². The number of alkyl halides is 3. The summed E-state index contributed by atoms with van der Waals surface area (Å²) in [6.45, 7) is 5.62. The van der Waals surface area contributed by atoms with Crippen LogP contribution >= 0.6 is 0 Å². The molecule has 1 saturated carbocycles. The van der Waals surface area contributed by atoms with Gasteiger partial charge in [-0.1, -0.05) is 35.9 Å². The molecule has 2 amide bonds. The molecule has 2 atom stereocenters. The maximum absolute atomic E-state index is 13.6. The first-order chi connectivity index (χ1) is 19.0. The van der Waals surface area contributed by atoms with Crippen LogP contribution in [-0.2, 0) is 20.8 Å². The number of hydrogen-bond donors (Lipinski definition) is 2. The van der Waals surface area contributed by atoms with Crippen molar-refractivity contribution in [2.45, 2.75) is 45.2 Å². The van der Waals surface area contributed by atoms with E-state index in [1.165, 1.54) is 18.4 Å². The Labute approximate surface area is 231 Å². The highest BCUT2D eigenvalue weighted by atomic mass is 19.4. The molecular weight excluding hydrogens is 525 g/mol. The van der Waals surface area contributed by atoms with E-state index < -0.39 is 17.6 Å². The third-order valence-electron chi connectivity index (χ3n) is 7.93. The van der Waals surface area contributed by atoms with E-state index in [-0.39, 0.29) is 17.7 Å². The average Bonchev–Trinajstić information content (AvgIpc) is 3.71. The van der Waals surface area contributed by atoms with Crippen molar-refractivity contribution in [1.29, 1.82) is 0 Å². The fraction of sp³-hybridized carbons (Fsp3) is 0.517. The molecule has 1 aromatic heterocycles. The summed E-state index contributed by atoms with van der Waals surface area (Å²) in [4.78, 5) is 44.5. The summed E-state index contributed by atoms with van der Waals surface area (Å²) >= 11 is 0. The molecule has 11 heteroatoms. The van der Waals surface area contributed by atoms with Gasteiger partial charge >= 0.3 is 12.1 Å². The van der Waals surface area contributed by atoms with E-state index >= 15 is 0 Å². The van der Waals surface area contributed by atoms with Crippen molar-refractivity contribution in [3.63, 3.8) is 0 Å². The van der Waals surface area contributed by atoms with Crippen molar-refractivity contribution >= 4 is 23.6 Å². The van der Waals surface area contributed by atoms with Crippen LogP contribution in [-0.4, -0.2) is 71.7 Å². The van der Waals surface area contributed by atoms with Crippen molar-refractivity contribution in [2.24, 2.45) is 17.3 Å². The molecule has 1 aromatic carbocycles. The van der Waals surface area contributed by atoms with E-state index in [0.717, 1.165) is 43.9 Å². The van der Waals surface area contributed by atoms with Crippen LogP contribution in [0.25, 0.3) is 0 Å². The normalized spacial score (nSPS) is 22.4. The molecule has 2 aliphatic heterocycles. The number of halogens is 3. The van der Waals surface area contributed by atoms with E-state index in [0.29, 0.717) is 25.4 Å². The van der Waals surface area contributed by atoms with E-state index in [1.807, 2.05) is 35.2 Å². The lowest BCUT2D eigenvalue weighted by Crippen LogP contribution is -2.48. The fourth-order valence-corrected chi connectivity index (χ4v) is 5.47. The Balaban J connectivity index is 0.000000470. The average molecular weight is 561 g/mol. The first-order valence-corrected chi connectivity index (χ1v) is 13.6. The standard InChI is InChI=1S/C27H34N4O2.C2HF3O2/c1-20-6-8-21(9-7-20)15-25(32)30-14-4-12-27(26(33)29-16-22-10-11-22)19-31(18-23(27)17-30)24-5-2-3-13-28-24;3-2(4,5)1(6)7/h2-3,5-9,13,22-23H,4,10-12,14-19H2,1H3,(H,29,33);(H,6,7)/t23-,27-;/m0./s1. The third kappa shape index (κ3) is 7.31. The second-order valence-electron chi connectivity index (χ2n) is 11.0. The number of amides is 2. The molecule has 1 aliphatic carbocycles. The first-order valence-electron chi connectivity index (χ1n) is 13.6. The molecule has 40 heavy (non-hydrogen) atoms. The number of rotatable bonds is 6. The topological polar surface area (TPSA) is 103 Å². The Morgan fingerprint density at radius 3 is 2.40 bits per heavy atom. The van der Waals surface area contributed by atoms with Gasteiger partial charge in [0.05, 0.1) is 11.8 Å². The third-order valence-corrected chi connectivity index (χ3v) is 7.93. The van der Waals surface area contributed by atoms with Gasteiger partial charge in [0.1, 0.15) is 5.82 Å². The van der Waals surface area contributed by atoms with E-state index in [4.69, 9.17) is 9.90 Å². The van der Waals surface area contributed by atoms with Crippen LogP contribution in [0.3, 0.4) is 0 Å². The van der Waals surface area contributed by atoms with Crippen molar-refractivity contribution in [3.8, 4) is 0 Å². The number of carbonyl (C=O) groups is 3. The van der Waals surface area contributed by atoms with Gasteiger partial charge in [0.2, 0.25) is 11.8 Å². The number of carbonyl (C=O) groups excluding carboxylic acids is 2. The molecular formula is C29H35F3N4O4. The smallest absolute Gasteiger partial charge is 0.475 e. The minimum absolute atomic E-state index is 0.100. The number of nitrogens with one attached hydrogen (secondary N) is 1. The highest BCUT2D eigenvalue weighted by Crippen LogP contribution is 2.44. The summed E-state index contributed by atoms with van der Waals surface area (Å²) in [5, 5.41) is 10.4. The van der Waals surface area contributed by atoms with Gasteiger partial charge in [-0.2, -0.15) is 13.2 Å². The number of anilines is 1. The predicted octanol–water partition coefficient (Wildman–Crippen LogP) is 3.84. The van der Waals surface area contributed by atoms with Crippen LogP contribution in [0, 0.1) is 24.2 Å². The van der Waals surface area contributed by atoms with E-state index in [1.54, 1.807) is 6.20 Å². The van der Waals surface area contributed by atoms with E-state index in [2.05, 4.69) is 34.3 Å². The molecule has 0 spiro atoms. The van der Waals surface area contributed by atoms with Gasteiger partial charge in [-0.15, -0.1) is 0 Å². The SMILES string of the molecule is Cc1ccc(CC(=O)N2CCC[C@]3(C(=O)NCC4CC4)CN(c4ccccn4)C[C@@H]3C2)cc1.O=C(O)C(F)(F)F. The number of hydrogen-bond acceptors (Lipinski definition) is 5. The van der Waals surface area contributed by atoms with Crippen LogP contribution in [0.4, 0.5) is 19.0 Å². The van der Waals surface area contributed by atoms with Gasteiger partial charge in [0, 0.05) is 44.8 Å². The lowest BCUT2D eigenvalue weighted by Gasteiger charge is -2.32. The van der Waals surface area contributed by atoms with Gasteiger partial charge < -0.3 is 20.2 Å². The zero-order valence-electron chi connectivity index (χ0n) is 22.5. The number of fused-ring (bicyclic) bond motifs is 1. The van der Waals surface area contributed by atoms with Gasteiger partial charge in [0.25, 0.3) is 0 Å². The zero-order valence-corrected chi connectivity index (χ0v) is 22.5. The van der Waals surface area contributed by atoms with Crippen molar-refractivity contribution in [2.75, 3.05) is 37.6 Å². The molecule has 2 aromatic rings. The second-order valence-corrected chi connectivity index (χ2v) is 11.0. The molecule has 3 aliphatic rings. The fourth-order valence-electron chi connectivity index (χ4n) is 5.47. The van der Waals surface area contributed by atoms with Crippen LogP contribution in [0.15, 0.2) is 48.7 Å². The predicted molar refractivity (Wildman–Crippen MR) is 142 cm³/mol. The summed E-state index contributed by atoms with van der Waals surface area (Å²) < 4.78 is 31.7. The van der Waals surface area contributed by atoms with Gasteiger partial charge in [-0.3, -0.25) is 9.59 Å². The Bertz CT molecular complexity index is 1190. The number of aliphatic carboxylic acids is 1. The number of carboxylic acids is 1. The summed E-state index contributed by atoms with van der Waals surface area (Å²) in [6, 6.07) is 14.1. The summed E-state index contributed by atoms with van der Waals surface area (Å²) in [5.41, 5.74) is 1.78. The van der Waals surface area contributed by atoms with Crippen molar-refractivity contribution in [1.82, 2.24) is 15.2 Å². The quantitative estimate of drug-likeness (QED) is 0.557.